The molecule has 0 radical (unpaired) electrons. The minimum absolute atomic E-state index is 0.0630. The summed E-state index contributed by atoms with van der Waals surface area (Å²) in [7, 11) is 0. The standard InChI is InChI=1S/C30H52O4/c1-25(2)20-10-15-28(6)21(27(20,5)13-11-22(25)32)17-19(31)24-18(9-14-29(24,28)7)30(8)16-12-23(34-30)26(3,4)33/h18-24,31-33H,9-17H2,1-8H3/t18?,19-,20?,21?,22+,23+,24?,27+,28-,29-,30+/m1/s1. The highest BCUT2D eigenvalue weighted by Gasteiger charge is 2.71. The summed E-state index contributed by atoms with van der Waals surface area (Å²) in [6, 6.07) is 0. The fourth-order valence-corrected chi connectivity index (χ4v) is 11.1. The summed E-state index contributed by atoms with van der Waals surface area (Å²) >= 11 is 0. The van der Waals surface area contributed by atoms with E-state index in [2.05, 4.69) is 41.5 Å². The highest BCUT2D eigenvalue weighted by atomic mass is 16.5. The Bertz CT molecular complexity index is 817. The molecule has 3 N–H and O–H groups in total. The zero-order valence-electron chi connectivity index (χ0n) is 23.2. The molecule has 4 aliphatic carbocycles. The maximum absolute atomic E-state index is 11.9. The van der Waals surface area contributed by atoms with Gasteiger partial charge in [0, 0.05) is 0 Å². The van der Waals surface area contributed by atoms with Crippen LogP contribution in [0.3, 0.4) is 0 Å². The van der Waals surface area contributed by atoms with Crippen molar-refractivity contribution < 1.29 is 20.1 Å². The van der Waals surface area contributed by atoms with E-state index in [4.69, 9.17) is 4.74 Å². The van der Waals surface area contributed by atoms with Crippen molar-refractivity contribution in [3.63, 3.8) is 0 Å². The molecule has 4 unspecified atom stereocenters. The van der Waals surface area contributed by atoms with Gasteiger partial charge >= 0.3 is 0 Å². The lowest BCUT2D eigenvalue weighted by Gasteiger charge is -2.70. The molecule has 34 heavy (non-hydrogen) atoms. The fourth-order valence-electron chi connectivity index (χ4n) is 11.1. The second-order valence-electron chi connectivity index (χ2n) is 15.4. The number of fused-ring (bicyclic) bond motifs is 5. The Morgan fingerprint density at radius 3 is 2.03 bits per heavy atom. The predicted octanol–water partition coefficient (Wildman–Crippen LogP) is 5.71. The van der Waals surface area contributed by atoms with E-state index >= 15 is 0 Å². The first-order chi connectivity index (χ1) is 15.5. The first-order valence-electron chi connectivity index (χ1n) is 14.3. The molecule has 4 saturated carbocycles. The molecule has 196 valence electrons. The zero-order chi connectivity index (χ0) is 25.1. The quantitative estimate of drug-likeness (QED) is 0.477. The third-order valence-electron chi connectivity index (χ3n) is 13.3. The first-order valence-corrected chi connectivity index (χ1v) is 14.3. The van der Waals surface area contributed by atoms with Crippen molar-refractivity contribution in [3.05, 3.63) is 0 Å². The van der Waals surface area contributed by atoms with Crippen molar-refractivity contribution in [2.45, 2.75) is 143 Å². The Morgan fingerprint density at radius 2 is 1.41 bits per heavy atom. The van der Waals surface area contributed by atoms with E-state index < -0.39 is 5.60 Å². The van der Waals surface area contributed by atoms with Crippen molar-refractivity contribution in [1.82, 2.24) is 0 Å². The molecule has 1 heterocycles. The van der Waals surface area contributed by atoms with Gasteiger partial charge in [0.1, 0.15) is 0 Å². The van der Waals surface area contributed by atoms with Crippen LogP contribution in [0, 0.1) is 45.3 Å². The molecule has 5 aliphatic rings. The number of ether oxygens (including phenoxy) is 1. The largest absolute Gasteiger partial charge is 0.393 e. The minimum Gasteiger partial charge on any atom is -0.393 e. The van der Waals surface area contributed by atoms with Crippen molar-refractivity contribution in [1.29, 1.82) is 0 Å². The summed E-state index contributed by atoms with van der Waals surface area (Å²) in [4.78, 5) is 0. The second-order valence-corrected chi connectivity index (χ2v) is 15.4. The fraction of sp³-hybridized carbons (Fsp3) is 1.00. The lowest BCUT2D eigenvalue weighted by atomic mass is 9.35. The van der Waals surface area contributed by atoms with Gasteiger partial charge in [-0.2, -0.15) is 0 Å². The average Bonchev–Trinajstić information content (AvgIpc) is 3.30. The van der Waals surface area contributed by atoms with E-state index in [0.29, 0.717) is 17.8 Å². The van der Waals surface area contributed by atoms with E-state index in [9.17, 15) is 15.3 Å². The molecule has 5 fully saturated rings. The zero-order valence-corrected chi connectivity index (χ0v) is 23.2. The molecule has 5 rings (SSSR count). The van der Waals surface area contributed by atoms with Gasteiger partial charge in [-0.3, -0.25) is 0 Å². The van der Waals surface area contributed by atoms with E-state index in [1.165, 1.54) is 12.8 Å². The number of rotatable bonds is 2. The Hall–Kier alpha value is -0.160. The van der Waals surface area contributed by atoms with Crippen LogP contribution < -0.4 is 0 Å². The summed E-state index contributed by atoms with van der Waals surface area (Å²) in [5, 5.41) is 33.4. The molecule has 0 amide bonds. The molecule has 11 atom stereocenters. The smallest absolute Gasteiger partial charge is 0.0865 e. The Balaban J connectivity index is 1.48. The molecule has 0 aromatic heterocycles. The van der Waals surface area contributed by atoms with Crippen molar-refractivity contribution in [3.8, 4) is 0 Å². The van der Waals surface area contributed by atoms with Crippen LogP contribution in [0.2, 0.25) is 0 Å². The van der Waals surface area contributed by atoms with Crippen molar-refractivity contribution >= 4 is 0 Å². The maximum atomic E-state index is 11.9. The van der Waals surface area contributed by atoms with Crippen LogP contribution in [-0.2, 0) is 4.74 Å². The highest BCUT2D eigenvalue weighted by molar-refractivity contribution is 5.20. The monoisotopic (exact) mass is 476 g/mol. The minimum atomic E-state index is -0.826. The van der Waals surface area contributed by atoms with E-state index in [1.54, 1.807) is 0 Å². The molecule has 0 bridgehead atoms. The molecular formula is C30H52O4. The molecule has 0 spiro atoms. The normalized spacial score (nSPS) is 57.1. The molecule has 0 aromatic rings. The summed E-state index contributed by atoms with van der Waals surface area (Å²) in [6.45, 7) is 18.1. The van der Waals surface area contributed by atoms with Crippen LogP contribution in [0.1, 0.15) is 113 Å². The Kier molecular flexibility index (Phi) is 5.59. The van der Waals surface area contributed by atoms with Gasteiger partial charge in [0.2, 0.25) is 0 Å². The average molecular weight is 477 g/mol. The Labute approximate surface area is 208 Å². The van der Waals surface area contributed by atoms with Gasteiger partial charge in [-0.25, -0.2) is 0 Å². The SMILES string of the molecule is CC(C)(O)[C@@H]1CC[C@@](C)(C2CC[C@]3(C)C2[C@H](O)CC2[C@@]4(C)CC[C@H](O)C(C)(C)C4CC[C@]23C)O1. The van der Waals surface area contributed by atoms with E-state index in [-0.39, 0.29) is 51.5 Å². The number of aliphatic hydroxyl groups is 3. The number of hydrogen-bond acceptors (Lipinski definition) is 4. The van der Waals surface area contributed by atoms with Gasteiger partial charge in [0.15, 0.2) is 0 Å². The van der Waals surface area contributed by atoms with Gasteiger partial charge < -0.3 is 20.1 Å². The molecule has 4 nitrogen and oxygen atoms in total. The maximum Gasteiger partial charge on any atom is 0.0865 e. The van der Waals surface area contributed by atoms with Crippen molar-refractivity contribution in [2.24, 2.45) is 45.3 Å². The van der Waals surface area contributed by atoms with Crippen LogP contribution in [0.5, 0.6) is 0 Å². The lowest BCUT2D eigenvalue weighted by molar-refractivity contribution is -0.248. The van der Waals surface area contributed by atoms with Crippen LogP contribution >= 0.6 is 0 Å². The molecule has 0 aromatic carbocycles. The van der Waals surface area contributed by atoms with Crippen LogP contribution in [0.25, 0.3) is 0 Å². The summed E-state index contributed by atoms with van der Waals surface area (Å²) in [5.74, 6) is 1.59. The molecule has 1 saturated heterocycles. The van der Waals surface area contributed by atoms with E-state index in [0.717, 1.165) is 44.9 Å². The van der Waals surface area contributed by atoms with Gasteiger partial charge in [0.05, 0.1) is 29.5 Å². The summed E-state index contributed by atoms with van der Waals surface area (Å²) in [5.41, 5.74) is -0.703. The number of aliphatic hydroxyl groups excluding tert-OH is 2. The van der Waals surface area contributed by atoms with Crippen LogP contribution in [-0.4, -0.2) is 44.8 Å². The number of hydrogen-bond donors (Lipinski definition) is 3. The Morgan fingerprint density at radius 1 is 0.765 bits per heavy atom. The molecule has 1 aliphatic heterocycles. The van der Waals surface area contributed by atoms with Gasteiger partial charge in [-0.1, -0.05) is 34.6 Å². The van der Waals surface area contributed by atoms with Gasteiger partial charge in [0.25, 0.3) is 0 Å². The summed E-state index contributed by atoms with van der Waals surface area (Å²) in [6.07, 6.45) is 8.72. The molecular weight excluding hydrogens is 424 g/mol. The third kappa shape index (κ3) is 3.16. The topological polar surface area (TPSA) is 69.9 Å². The summed E-state index contributed by atoms with van der Waals surface area (Å²) < 4.78 is 6.66. The van der Waals surface area contributed by atoms with Gasteiger partial charge in [-0.05, 0) is 124 Å². The second kappa shape index (κ2) is 7.45. The lowest BCUT2D eigenvalue weighted by Crippen LogP contribution is -2.66. The van der Waals surface area contributed by atoms with Crippen LogP contribution in [0.4, 0.5) is 0 Å². The van der Waals surface area contributed by atoms with Crippen molar-refractivity contribution in [2.75, 3.05) is 0 Å². The highest BCUT2D eigenvalue weighted by Crippen LogP contribution is 2.76. The van der Waals surface area contributed by atoms with Crippen LogP contribution in [0.15, 0.2) is 0 Å². The predicted molar refractivity (Wildman–Crippen MR) is 135 cm³/mol. The van der Waals surface area contributed by atoms with Gasteiger partial charge in [-0.15, -0.1) is 0 Å². The van der Waals surface area contributed by atoms with E-state index in [1.807, 2.05) is 13.8 Å². The third-order valence-corrected chi connectivity index (χ3v) is 13.3. The first kappa shape index (κ1) is 25.5. The molecule has 4 heteroatoms.